The van der Waals surface area contributed by atoms with Crippen molar-refractivity contribution in [2.45, 2.75) is 25.8 Å². The van der Waals surface area contributed by atoms with E-state index in [1.54, 1.807) is 24.7 Å². The number of carbonyl (C=O) groups excluding carboxylic acids is 3. The first-order valence-electron chi connectivity index (χ1n) is 9.73. The van der Waals surface area contributed by atoms with Gasteiger partial charge in [0.15, 0.2) is 5.69 Å². The van der Waals surface area contributed by atoms with Crippen LogP contribution in [0.2, 0.25) is 0 Å². The number of piperidine rings is 1. The van der Waals surface area contributed by atoms with Crippen molar-refractivity contribution in [3.63, 3.8) is 0 Å². The summed E-state index contributed by atoms with van der Waals surface area (Å²) in [5, 5.41) is 6.81. The first-order valence-corrected chi connectivity index (χ1v) is 9.73. The Hall–Kier alpha value is -3.14. The van der Waals surface area contributed by atoms with Gasteiger partial charge in [-0.05, 0) is 18.9 Å². The van der Waals surface area contributed by atoms with Crippen molar-refractivity contribution < 1.29 is 23.9 Å². The maximum Gasteiger partial charge on any atom is 0.356 e. The van der Waals surface area contributed by atoms with Crippen molar-refractivity contribution in [3.05, 3.63) is 18.0 Å². The number of pyridine rings is 1. The molecule has 0 saturated carbocycles. The smallest absolute Gasteiger partial charge is 0.356 e. The highest BCUT2D eigenvalue weighted by molar-refractivity contribution is 6.11. The molecule has 2 aromatic rings. The lowest BCUT2D eigenvalue weighted by atomic mass is 10.0. The molecule has 1 aliphatic heterocycles. The number of aromatic nitrogens is 2. The molecule has 0 bridgehead atoms. The van der Waals surface area contributed by atoms with E-state index in [0.29, 0.717) is 29.8 Å². The Labute approximate surface area is 174 Å². The summed E-state index contributed by atoms with van der Waals surface area (Å²) in [6.07, 6.45) is 3.36. The number of aryl methyl sites for hydroxylation is 1. The van der Waals surface area contributed by atoms with Gasteiger partial charge in [-0.15, -0.1) is 0 Å². The molecular formula is C20H27N5O5. The molecule has 0 unspecified atom stereocenters. The molecule has 0 atom stereocenters. The average Bonchev–Trinajstić information content (AvgIpc) is 2.99. The second kappa shape index (κ2) is 9.12. The molecule has 0 aromatic carbocycles. The van der Waals surface area contributed by atoms with E-state index in [4.69, 9.17) is 9.47 Å². The summed E-state index contributed by atoms with van der Waals surface area (Å²) in [6.45, 7) is 2.86. The number of esters is 1. The fourth-order valence-corrected chi connectivity index (χ4v) is 3.73. The van der Waals surface area contributed by atoms with Crippen molar-refractivity contribution >= 4 is 40.2 Å². The molecule has 10 heteroatoms. The van der Waals surface area contributed by atoms with Gasteiger partial charge in [0.1, 0.15) is 12.3 Å². The van der Waals surface area contributed by atoms with Crippen LogP contribution in [0.3, 0.4) is 0 Å². The third-order valence-electron chi connectivity index (χ3n) is 5.26. The van der Waals surface area contributed by atoms with Crippen LogP contribution in [-0.2, 0) is 26.1 Å². The van der Waals surface area contributed by atoms with Gasteiger partial charge in [0.25, 0.3) is 0 Å². The molecule has 3 heterocycles. The molecule has 162 valence electrons. The number of rotatable bonds is 6. The second-order valence-electron chi connectivity index (χ2n) is 7.28. The lowest BCUT2D eigenvalue weighted by molar-refractivity contribution is -0.129. The second-order valence-corrected chi connectivity index (χ2v) is 7.28. The summed E-state index contributed by atoms with van der Waals surface area (Å²) in [6, 6.07) is 2.06. The molecule has 0 spiro atoms. The average molecular weight is 417 g/mol. The SMILES string of the molecule is COCC(=O)Nc1c(C(=O)OC)n(C)c2ncc(NC3CCN(C(C)=O)CC3)cc12. The van der Waals surface area contributed by atoms with Crippen LogP contribution in [0.15, 0.2) is 12.3 Å². The summed E-state index contributed by atoms with van der Waals surface area (Å²) >= 11 is 0. The predicted molar refractivity (Wildman–Crippen MR) is 111 cm³/mol. The molecular weight excluding hydrogens is 390 g/mol. The van der Waals surface area contributed by atoms with Gasteiger partial charge in [0, 0.05) is 45.6 Å². The molecule has 0 radical (unpaired) electrons. The van der Waals surface area contributed by atoms with Crippen LogP contribution < -0.4 is 10.6 Å². The summed E-state index contributed by atoms with van der Waals surface area (Å²) in [4.78, 5) is 42.3. The minimum atomic E-state index is -0.575. The van der Waals surface area contributed by atoms with Gasteiger partial charge in [-0.25, -0.2) is 9.78 Å². The molecule has 10 nitrogen and oxygen atoms in total. The monoisotopic (exact) mass is 417 g/mol. The van der Waals surface area contributed by atoms with E-state index >= 15 is 0 Å². The summed E-state index contributed by atoms with van der Waals surface area (Å²) in [5.41, 5.74) is 1.86. The standard InChI is InChI=1S/C20H27N5O5/c1-12(26)25-7-5-13(6-8-25)22-14-9-15-17(23-16(27)11-29-3)18(20(28)30-4)24(2)19(15)21-10-14/h9-10,13,22H,5-8,11H2,1-4H3,(H,23,27). The van der Waals surface area contributed by atoms with Crippen molar-refractivity contribution in [1.29, 1.82) is 0 Å². The van der Waals surface area contributed by atoms with Crippen LogP contribution in [0, 0.1) is 0 Å². The molecule has 1 aliphatic rings. The first-order chi connectivity index (χ1) is 14.3. The highest BCUT2D eigenvalue weighted by atomic mass is 16.5. The van der Waals surface area contributed by atoms with Gasteiger partial charge in [-0.3, -0.25) is 9.59 Å². The number of methoxy groups -OCH3 is 2. The Morgan fingerprint density at radius 1 is 1.23 bits per heavy atom. The Balaban J connectivity index is 1.91. The number of nitrogens with one attached hydrogen (secondary N) is 2. The number of amides is 2. The molecule has 1 fully saturated rings. The van der Waals surface area contributed by atoms with Crippen LogP contribution in [-0.4, -0.2) is 72.2 Å². The van der Waals surface area contributed by atoms with E-state index in [2.05, 4.69) is 15.6 Å². The Morgan fingerprint density at radius 3 is 2.53 bits per heavy atom. The van der Waals surface area contributed by atoms with E-state index in [0.717, 1.165) is 18.5 Å². The van der Waals surface area contributed by atoms with Crippen molar-refractivity contribution in [3.8, 4) is 0 Å². The first kappa shape index (κ1) is 21.6. The zero-order valence-electron chi connectivity index (χ0n) is 17.7. The topological polar surface area (TPSA) is 115 Å². The van der Waals surface area contributed by atoms with Gasteiger partial charge in [0.05, 0.1) is 24.7 Å². The number of anilines is 2. The lowest BCUT2D eigenvalue weighted by Gasteiger charge is -2.32. The van der Waals surface area contributed by atoms with Crippen LogP contribution in [0.4, 0.5) is 11.4 Å². The number of hydrogen-bond donors (Lipinski definition) is 2. The maximum absolute atomic E-state index is 12.4. The normalized spacial score (nSPS) is 14.6. The van der Waals surface area contributed by atoms with E-state index in [1.165, 1.54) is 14.2 Å². The zero-order valence-corrected chi connectivity index (χ0v) is 17.7. The van der Waals surface area contributed by atoms with E-state index < -0.39 is 5.97 Å². The van der Waals surface area contributed by atoms with Gasteiger partial charge in [-0.2, -0.15) is 0 Å². The summed E-state index contributed by atoms with van der Waals surface area (Å²) < 4.78 is 11.4. The fraction of sp³-hybridized carbons (Fsp3) is 0.500. The molecule has 1 saturated heterocycles. The number of hydrogen-bond acceptors (Lipinski definition) is 7. The largest absolute Gasteiger partial charge is 0.464 e. The number of nitrogens with zero attached hydrogens (tertiary/aromatic N) is 3. The number of carbonyl (C=O) groups is 3. The number of fused-ring (bicyclic) bond motifs is 1. The molecule has 2 N–H and O–H groups in total. The quantitative estimate of drug-likeness (QED) is 0.682. The highest BCUT2D eigenvalue weighted by Crippen LogP contribution is 2.32. The minimum Gasteiger partial charge on any atom is -0.464 e. The molecule has 0 aliphatic carbocycles. The molecule has 2 amide bonds. The highest BCUT2D eigenvalue weighted by Gasteiger charge is 2.25. The van der Waals surface area contributed by atoms with Crippen molar-refractivity contribution in [2.24, 2.45) is 7.05 Å². The van der Waals surface area contributed by atoms with Gasteiger partial charge in [-0.1, -0.05) is 0 Å². The Kier molecular flexibility index (Phi) is 6.56. The number of ether oxygens (including phenoxy) is 2. The minimum absolute atomic E-state index is 0.0904. The van der Waals surface area contributed by atoms with Crippen LogP contribution in [0.1, 0.15) is 30.3 Å². The summed E-state index contributed by atoms with van der Waals surface area (Å²) in [7, 11) is 4.40. The Morgan fingerprint density at radius 2 is 1.93 bits per heavy atom. The summed E-state index contributed by atoms with van der Waals surface area (Å²) in [5.74, 6) is -0.868. The van der Waals surface area contributed by atoms with Crippen LogP contribution >= 0.6 is 0 Å². The predicted octanol–water partition coefficient (Wildman–Crippen LogP) is 1.37. The maximum atomic E-state index is 12.4. The van der Waals surface area contributed by atoms with Crippen molar-refractivity contribution in [2.75, 3.05) is 44.5 Å². The van der Waals surface area contributed by atoms with Crippen LogP contribution in [0.25, 0.3) is 11.0 Å². The third kappa shape index (κ3) is 4.38. The van der Waals surface area contributed by atoms with Gasteiger partial charge >= 0.3 is 5.97 Å². The van der Waals surface area contributed by atoms with Gasteiger partial charge in [0.2, 0.25) is 11.8 Å². The molecule has 30 heavy (non-hydrogen) atoms. The van der Waals surface area contributed by atoms with Gasteiger partial charge < -0.3 is 29.6 Å². The lowest BCUT2D eigenvalue weighted by Crippen LogP contribution is -2.41. The van der Waals surface area contributed by atoms with E-state index in [9.17, 15) is 14.4 Å². The fourth-order valence-electron chi connectivity index (χ4n) is 3.73. The van der Waals surface area contributed by atoms with Crippen molar-refractivity contribution in [1.82, 2.24) is 14.5 Å². The van der Waals surface area contributed by atoms with E-state index in [1.807, 2.05) is 11.0 Å². The Bertz CT molecular complexity index is 962. The number of likely N-dealkylation sites (tertiary alicyclic amines) is 1. The third-order valence-corrected chi connectivity index (χ3v) is 5.26. The molecule has 3 rings (SSSR count). The van der Waals surface area contributed by atoms with E-state index in [-0.39, 0.29) is 30.2 Å². The zero-order chi connectivity index (χ0) is 21.8. The van der Waals surface area contributed by atoms with Crippen LogP contribution in [0.5, 0.6) is 0 Å². The molecule has 2 aromatic heterocycles.